The van der Waals surface area contributed by atoms with E-state index in [0.717, 1.165) is 55.2 Å². The van der Waals surface area contributed by atoms with Gasteiger partial charge < -0.3 is 24.0 Å². The number of aromatic nitrogens is 5. The van der Waals surface area contributed by atoms with Crippen LogP contribution in [0.1, 0.15) is 0 Å². The van der Waals surface area contributed by atoms with Crippen molar-refractivity contribution in [3.8, 4) is 51.5 Å². The number of nitrogens with zero attached hydrogens (tertiary/aromatic N) is 5. The molecule has 0 spiro atoms. The van der Waals surface area contributed by atoms with Crippen molar-refractivity contribution in [3.63, 3.8) is 0 Å². The molecule has 0 bridgehead atoms. The van der Waals surface area contributed by atoms with E-state index in [2.05, 4.69) is 34.2 Å². The summed E-state index contributed by atoms with van der Waals surface area (Å²) in [5.74, 6) is 2.62. The number of fused-ring (bicyclic) bond motifs is 4. The molecule has 4 heterocycles. The largest absolute Gasteiger partial charge is 2.00 e. The molecule has 0 atom stereocenters. The molecule has 0 saturated heterocycles. The molecule has 9 aromatic rings. The predicted octanol–water partition coefficient (Wildman–Crippen LogP) is 9.63. The second-order valence-corrected chi connectivity index (χ2v) is 11.2. The summed E-state index contributed by atoms with van der Waals surface area (Å²) >= 11 is 0. The van der Waals surface area contributed by atoms with Gasteiger partial charge in [0.25, 0.3) is 0 Å². The second kappa shape index (κ2) is 14.8. The Bertz CT molecular complexity index is 2490. The molecule has 0 unspecified atom stereocenters. The molecular weight excluding hydrogens is 908 g/mol. The van der Waals surface area contributed by atoms with Gasteiger partial charge in [0, 0.05) is 47.0 Å². The average molecular weight is 931 g/mol. The monoisotopic (exact) mass is 930 g/mol. The Balaban J connectivity index is 0.00000203. The van der Waals surface area contributed by atoms with Gasteiger partial charge in [-0.1, -0.05) is 65.6 Å². The SMILES string of the molecule is [Pd+2].[Pt+2].[c-]1c(Oc2[c-]c3c(cc2)c2ccc(Oc4[c-]c(-c5ccccn5)ccc4)[c-]c2n3-c2ncc3ccccc3n2)cccc1-c1ccccn1. The van der Waals surface area contributed by atoms with Crippen molar-refractivity contribution in [3.05, 3.63) is 164 Å². The third-order valence-electron chi connectivity index (χ3n) is 8.07. The van der Waals surface area contributed by atoms with Crippen LogP contribution < -0.4 is 9.47 Å². The minimum Gasteiger partial charge on any atom is -0.503 e. The first kappa shape index (κ1) is 34.0. The third kappa shape index (κ3) is 6.82. The maximum atomic E-state index is 6.32. The van der Waals surface area contributed by atoms with Crippen LogP contribution in [0.15, 0.2) is 140 Å². The van der Waals surface area contributed by atoms with Crippen molar-refractivity contribution in [1.29, 1.82) is 0 Å². The Morgan fingerprint density at radius 1 is 0.490 bits per heavy atom. The van der Waals surface area contributed by atoms with E-state index in [1.54, 1.807) is 12.4 Å². The molecular formula is C42H23N5O2PdPt. The first-order valence-corrected chi connectivity index (χ1v) is 15.6. The van der Waals surface area contributed by atoms with Gasteiger partial charge in [-0.25, -0.2) is 9.97 Å². The van der Waals surface area contributed by atoms with Gasteiger partial charge in [0.15, 0.2) is 0 Å². The van der Waals surface area contributed by atoms with Gasteiger partial charge >= 0.3 is 41.5 Å². The number of hydrogen-bond acceptors (Lipinski definition) is 6. The molecule has 7 nitrogen and oxygen atoms in total. The molecule has 0 radical (unpaired) electrons. The van der Waals surface area contributed by atoms with Crippen LogP contribution in [0.4, 0.5) is 0 Å². The fourth-order valence-electron chi connectivity index (χ4n) is 5.81. The van der Waals surface area contributed by atoms with Crippen molar-refractivity contribution < 1.29 is 51.0 Å². The predicted molar refractivity (Wildman–Crippen MR) is 189 cm³/mol. The van der Waals surface area contributed by atoms with Crippen LogP contribution in [0.2, 0.25) is 0 Å². The number of hydrogen-bond donors (Lipinski definition) is 0. The van der Waals surface area contributed by atoms with Crippen LogP contribution in [-0.4, -0.2) is 24.5 Å². The Kier molecular flexibility index (Phi) is 9.83. The second-order valence-electron chi connectivity index (χ2n) is 11.2. The molecule has 0 aliphatic rings. The van der Waals surface area contributed by atoms with Crippen molar-refractivity contribution in [2.75, 3.05) is 0 Å². The van der Waals surface area contributed by atoms with Crippen LogP contribution in [-0.2, 0) is 41.5 Å². The number of pyridine rings is 2. The Labute approximate surface area is 321 Å². The molecule has 51 heavy (non-hydrogen) atoms. The van der Waals surface area contributed by atoms with E-state index in [1.165, 1.54) is 0 Å². The molecule has 0 fully saturated rings. The maximum absolute atomic E-state index is 6.32. The maximum Gasteiger partial charge on any atom is 2.00 e. The summed E-state index contributed by atoms with van der Waals surface area (Å²) in [4.78, 5) is 18.6. The van der Waals surface area contributed by atoms with Gasteiger partial charge in [-0.05, 0) is 29.6 Å². The molecule has 5 aromatic carbocycles. The van der Waals surface area contributed by atoms with Crippen LogP contribution in [0.25, 0.3) is 61.2 Å². The first-order chi connectivity index (χ1) is 24.2. The summed E-state index contributed by atoms with van der Waals surface area (Å²) in [7, 11) is 0. The normalized spacial score (nSPS) is 10.8. The van der Waals surface area contributed by atoms with E-state index in [4.69, 9.17) is 19.4 Å². The number of rotatable bonds is 7. The number of ether oxygens (including phenoxy) is 2. The fourth-order valence-corrected chi connectivity index (χ4v) is 5.81. The topological polar surface area (TPSA) is 75.0 Å². The van der Waals surface area contributed by atoms with E-state index < -0.39 is 0 Å². The minimum absolute atomic E-state index is 0. The molecule has 0 aliphatic heterocycles. The first-order valence-electron chi connectivity index (χ1n) is 15.6. The Hall–Kier alpha value is -5.51. The van der Waals surface area contributed by atoms with Crippen LogP contribution in [0, 0.1) is 24.3 Å². The Morgan fingerprint density at radius 2 is 1.02 bits per heavy atom. The summed E-state index contributed by atoms with van der Waals surface area (Å²) in [6.07, 6.45) is 5.35. The van der Waals surface area contributed by atoms with E-state index in [0.29, 0.717) is 28.9 Å². The van der Waals surface area contributed by atoms with Crippen molar-refractivity contribution >= 4 is 32.7 Å². The van der Waals surface area contributed by atoms with Gasteiger partial charge in [0.1, 0.15) is 0 Å². The fraction of sp³-hybridized carbons (Fsp3) is 0. The molecule has 0 aliphatic carbocycles. The smallest absolute Gasteiger partial charge is 0.503 e. The standard InChI is InChI=1S/C42H23N5O2.Pd.Pt/c1-2-16-39-30(9-1)27-45-42(46-39)47-40-25-33(48-31-12-7-10-28(23-31)37-14-3-5-21-43-37)17-19-35(40)36-20-18-34(26-41(36)47)49-32-13-8-11-29(24-32)38-15-4-6-22-44-38;;/h1-22,27H;;/q-4;2*+2. The summed E-state index contributed by atoms with van der Waals surface area (Å²) in [6.45, 7) is 0. The molecule has 9 rings (SSSR count). The van der Waals surface area contributed by atoms with Crippen molar-refractivity contribution in [2.45, 2.75) is 0 Å². The van der Waals surface area contributed by atoms with Crippen LogP contribution in [0.3, 0.4) is 0 Å². The van der Waals surface area contributed by atoms with Gasteiger partial charge in [0.2, 0.25) is 5.95 Å². The third-order valence-corrected chi connectivity index (χ3v) is 8.07. The summed E-state index contributed by atoms with van der Waals surface area (Å²) in [6, 6.07) is 52.4. The zero-order valence-corrected chi connectivity index (χ0v) is 30.3. The van der Waals surface area contributed by atoms with Crippen molar-refractivity contribution in [2.24, 2.45) is 0 Å². The van der Waals surface area contributed by atoms with Gasteiger partial charge in [-0.2, -0.15) is 22.9 Å². The van der Waals surface area contributed by atoms with E-state index in [-0.39, 0.29) is 41.5 Å². The van der Waals surface area contributed by atoms with E-state index in [1.807, 2.05) is 132 Å². The Morgan fingerprint density at radius 3 is 1.57 bits per heavy atom. The summed E-state index contributed by atoms with van der Waals surface area (Å²) < 4.78 is 14.6. The van der Waals surface area contributed by atoms with E-state index >= 15 is 0 Å². The number of benzene rings is 5. The van der Waals surface area contributed by atoms with Crippen LogP contribution in [0.5, 0.6) is 23.0 Å². The van der Waals surface area contributed by atoms with Crippen LogP contribution >= 0.6 is 0 Å². The average Bonchev–Trinajstić information content (AvgIpc) is 3.48. The zero-order valence-electron chi connectivity index (χ0n) is 26.5. The minimum atomic E-state index is 0. The van der Waals surface area contributed by atoms with Gasteiger partial charge in [0.05, 0.1) is 5.52 Å². The zero-order chi connectivity index (χ0) is 32.6. The van der Waals surface area contributed by atoms with E-state index in [9.17, 15) is 0 Å². The molecule has 248 valence electrons. The molecule has 0 amide bonds. The molecule has 9 heteroatoms. The van der Waals surface area contributed by atoms with Gasteiger partial charge in [-0.15, -0.1) is 71.8 Å². The number of para-hydroxylation sites is 1. The summed E-state index contributed by atoms with van der Waals surface area (Å²) in [5.41, 5.74) is 5.60. The quantitative estimate of drug-likeness (QED) is 0.117. The molecule has 0 N–H and O–H groups in total. The molecule has 4 aromatic heterocycles. The molecule has 0 saturated carbocycles. The van der Waals surface area contributed by atoms with Gasteiger partial charge in [-0.3, -0.25) is 0 Å². The summed E-state index contributed by atoms with van der Waals surface area (Å²) in [5, 5.41) is 2.83. The van der Waals surface area contributed by atoms with Crippen molar-refractivity contribution in [1.82, 2.24) is 24.5 Å².